The molecule has 16 heavy (non-hydrogen) atoms. The van der Waals surface area contributed by atoms with Gasteiger partial charge in [-0.2, -0.15) is 0 Å². The van der Waals surface area contributed by atoms with E-state index in [4.69, 9.17) is 5.11 Å². The summed E-state index contributed by atoms with van der Waals surface area (Å²) in [5, 5.41) is 8.82. The Labute approximate surface area is 92.1 Å². The Kier molecular flexibility index (Phi) is 2.87. The first-order valence-electron chi connectivity index (χ1n) is 4.93. The second kappa shape index (κ2) is 4.32. The molecule has 0 fully saturated rings. The molecule has 0 spiro atoms. The Morgan fingerprint density at radius 2 is 2.38 bits per heavy atom. The number of methoxy groups -OCH3 is 1. The highest BCUT2D eigenvalue weighted by molar-refractivity contribution is 6.01. The monoisotopic (exact) mass is 220 g/mol. The number of esters is 1. The minimum atomic E-state index is -0.410. The highest BCUT2D eigenvalue weighted by atomic mass is 16.5. The molecule has 1 aromatic heterocycles. The normalized spacial score (nSPS) is 10.6. The van der Waals surface area contributed by atoms with Crippen LogP contribution in [-0.2, 0) is 11.2 Å². The lowest BCUT2D eigenvalue weighted by Crippen LogP contribution is -2.01. The fourth-order valence-electron chi connectivity index (χ4n) is 1.58. The predicted molar refractivity (Wildman–Crippen MR) is 58.2 cm³/mol. The van der Waals surface area contributed by atoms with Gasteiger partial charge >= 0.3 is 5.97 Å². The number of carbonyl (C=O) groups excluding carboxylic acids is 1. The summed E-state index contributed by atoms with van der Waals surface area (Å²) in [5.74, 6) is 0.251. The Morgan fingerprint density at radius 1 is 1.56 bits per heavy atom. The van der Waals surface area contributed by atoms with Gasteiger partial charge < -0.3 is 14.8 Å². The summed E-state index contributed by atoms with van der Waals surface area (Å²) in [7, 11) is 1.34. The van der Waals surface area contributed by atoms with Crippen molar-refractivity contribution < 1.29 is 14.6 Å². The summed E-state index contributed by atoms with van der Waals surface area (Å²) in [6, 6.07) is 5.25. The van der Waals surface area contributed by atoms with Gasteiger partial charge in [-0.3, -0.25) is 0 Å². The molecule has 2 rings (SSSR count). The van der Waals surface area contributed by atoms with Gasteiger partial charge in [0.2, 0.25) is 0 Å². The number of aromatic amines is 1. The van der Waals surface area contributed by atoms with Crippen LogP contribution in [0.15, 0.2) is 18.2 Å². The molecule has 1 heterocycles. The van der Waals surface area contributed by atoms with Crippen molar-refractivity contribution in [2.45, 2.75) is 6.42 Å². The van der Waals surface area contributed by atoms with Gasteiger partial charge in [-0.15, -0.1) is 0 Å². The van der Waals surface area contributed by atoms with Crippen LogP contribution in [0.3, 0.4) is 0 Å². The van der Waals surface area contributed by atoms with E-state index in [1.165, 1.54) is 7.11 Å². The third kappa shape index (κ3) is 1.77. The summed E-state index contributed by atoms with van der Waals surface area (Å²) in [4.78, 5) is 18.8. The number of nitrogens with one attached hydrogen (secondary N) is 1. The number of imidazole rings is 1. The Hall–Kier alpha value is -1.88. The second-order valence-electron chi connectivity index (χ2n) is 3.35. The number of ether oxygens (including phenoxy) is 1. The number of carbonyl (C=O) groups is 1. The average molecular weight is 220 g/mol. The number of H-pyrrole nitrogens is 1. The third-order valence-corrected chi connectivity index (χ3v) is 2.32. The van der Waals surface area contributed by atoms with E-state index >= 15 is 0 Å². The maximum Gasteiger partial charge on any atom is 0.340 e. The van der Waals surface area contributed by atoms with E-state index in [-0.39, 0.29) is 6.61 Å². The van der Waals surface area contributed by atoms with Crippen molar-refractivity contribution in [2.24, 2.45) is 0 Å². The molecule has 0 bridgehead atoms. The van der Waals surface area contributed by atoms with Crippen molar-refractivity contribution in [3.8, 4) is 0 Å². The van der Waals surface area contributed by atoms with Crippen molar-refractivity contribution in [2.75, 3.05) is 13.7 Å². The van der Waals surface area contributed by atoms with E-state index in [9.17, 15) is 4.79 Å². The number of fused-ring (bicyclic) bond motifs is 1. The Balaban J connectivity index is 2.54. The molecule has 0 aliphatic carbocycles. The van der Waals surface area contributed by atoms with Gasteiger partial charge in [0.1, 0.15) is 11.3 Å². The van der Waals surface area contributed by atoms with Gasteiger partial charge in [0.15, 0.2) is 0 Å². The van der Waals surface area contributed by atoms with Crippen LogP contribution in [0.1, 0.15) is 16.2 Å². The van der Waals surface area contributed by atoms with Crippen LogP contribution < -0.4 is 0 Å². The van der Waals surface area contributed by atoms with Gasteiger partial charge in [-0.1, -0.05) is 6.07 Å². The van der Waals surface area contributed by atoms with Crippen molar-refractivity contribution in [3.63, 3.8) is 0 Å². The molecule has 0 amide bonds. The van der Waals surface area contributed by atoms with Crippen LogP contribution in [0.5, 0.6) is 0 Å². The molecule has 84 valence electrons. The maximum atomic E-state index is 11.5. The first kappa shape index (κ1) is 10.6. The summed E-state index contributed by atoms with van der Waals surface area (Å²) < 4.78 is 4.67. The zero-order chi connectivity index (χ0) is 11.5. The van der Waals surface area contributed by atoms with E-state index in [2.05, 4.69) is 14.7 Å². The molecule has 0 aliphatic heterocycles. The van der Waals surface area contributed by atoms with Crippen LogP contribution in [-0.4, -0.2) is 34.8 Å². The molecule has 0 saturated carbocycles. The molecule has 2 N–H and O–H groups in total. The lowest BCUT2D eigenvalue weighted by molar-refractivity contribution is 0.0603. The van der Waals surface area contributed by atoms with Crippen molar-refractivity contribution in [1.82, 2.24) is 9.97 Å². The third-order valence-electron chi connectivity index (χ3n) is 2.32. The smallest absolute Gasteiger partial charge is 0.340 e. The van der Waals surface area contributed by atoms with Crippen LogP contribution in [0, 0.1) is 0 Å². The van der Waals surface area contributed by atoms with Crippen molar-refractivity contribution in [1.29, 1.82) is 0 Å². The molecular weight excluding hydrogens is 208 g/mol. The first-order chi connectivity index (χ1) is 7.76. The van der Waals surface area contributed by atoms with Gasteiger partial charge in [0.25, 0.3) is 0 Å². The van der Waals surface area contributed by atoms with Crippen molar-refractivity contribution in [3.05, 3.63) is 29.6 Å². The minimum Gasteiger partial charge on any atom is -0.465 e. The molecule has 1 aromatic carbocycles. The zero-order valence-corrected chi connectivity index (χ0v) is 8.86. The number of aromatic nitrogens is 2. The van der Waals surface area contributed by atoms with Crippen LogP contribution in [0.2, 0.25) is 0 Å². The van der Waals surface area contributed by atoms with Crippen LogP contribution >= 0.6 is 0 Å². The van der Waals surface area contributed by atoms with Gasteiger partial charge in [-0.25, -0.2) is 9.78 Å². The number of hydrogen-bond acceptors (Lipinski definition) is 4. The Morgan fingerprint density at radius 3 is 3.06 bits per heavy atom. The molecule has 0 unspecified atom stereocenters. The Bertz CT molecular complexity index is 519. The largest absolute Gasteiger partial charge is 0.465 e. The average Bonchev–Trinajstić information content (AvgIpc) is 2.70. The minimum absolute atomic E-state index is 0.0212. The number of benzene rings is 1. The molecule has 5 heteroatoms. The summed E-state index contributed by atoms with van der Waals surface area (Å²) in [5.41, 5.74) is 1.78. The van der Waals surface area contributed by atoms with Crippen LogP contribution in [0.4, 0.5) is 0 Å². The van der Waals surface area contributed by atoms with Gasteiger partial charge in [0.05, 0.1) is 24.8 Å². The molecule has 0 aliphatic rings. The van der Waals surface area contributed by atoms with Gasteiger partial charge in [0, 0.05) is 6.42 Å². The lowest BCUT2D eigenvalue weighted by atomic mass is 10.2. The summed E-state index contributed by atoms with van der Waals surface area (Å²) >= 11 is 0. The zero-order valence-electron chi connectivity index (χ0n) is 8.86. The molecule has 0 saturated heterocycles. The SMILES string of the molecule is COC(=O)c1cccc2[nH]c(CCO)nc12. The molecular formula is C11H12N2O3. The number of para-hydroxylation sites is 1. The van der Waals surface area contributed by atoms with E-state index in [0.29, 0.717) is 23.3 Å². The maximum absolute atomic E-state index is 11.5. The number of rotatable bonds is 3. The highest BCUT2D eigenvalue weighted by Crippen LogP contribution is 2.17. The lowest BCUT2D eigenvalue weighted by Gasteiger charge is -1.98. The molecule has 2 aromatic rings. The standard InChI is InChI=1S/C11H12N2O3/c1-16-11(15)7-3-2-4-8-10(7)13-9(12-8)5-6-14/h2-4,14H,5-6H2,1H3,(H,12,13). The van der Waals surface area contributed by atoms with E-state index in [1.807, 2.05) is 6.07 Å². The number of nitrogens with zero attached hydrogens (tertiary/aromatic N) is 1. The molecule has 0 radical (unpaired) electrons. The van der Waals surface area contributed by atoms with Crippen molar-refractivity contribution >= 4 is 17.0 Å². The predicted octanol–water partition coefficient (Wildman–Crippen LogP) is 0.884. The summed E-state index contributed by atoms with van der Waals surface area (Å²) in [6.45, 7) is 0.0212. The van der Waals surface area contributed by atoms with E-state index in [0.717, 1.165) is 5.52 Å². The molecule has 5 nitrogen and oxygen atoms in total. The number of hydrogen-bond donors (Lipinski definition) is 2. The quantitative estimate of drug-likeness (QED) is 0.753. The van der Waals surface area contributed by atoms with E-state index < -0.39 is 5.97 Å². The fraction of sp³-hybridized carbons (Fsp3) is 0.273. The number of aliphatic hydroxyl groups excluding tert-OH is 1. The van der Waals surface area contributed by atoms with E-state index in [1.54, 1.807) is 12.1 Å². The number of aliphatic hydroxyl groups is 1. The second-order valence-corrected chi connectivity index (χ2v) is 3.35. The fourth-order valence-corrected chi connectivity index (χ4v) is 1.58. The topological polar surface area (TPSA) is 75.2 Å². The van der Waals surface area contributed by atoms with Gasteiger partial charge in [-0.05, 0) is 12.1 Å². The van der Waals surface area contributed by atoms with Crippen LogP contribution in [0.25, 0.3) is 11.0 Å². The molecule has 0 atom stereocenters. The first-order valence-corrected chi connectivity index (χ1v) is 4.93. The summed E-state index contributed by atoms with van der Waals surface area (Å²) in [6.07, 6.45) is 0.440. The highest BCUT2D eigenvalue weighted by Gasteiger charge is 2.13.